The van der Waals surface area contributed by atoms with E-state index < -0.39 is 24.3 Å². The van der Waals surface area contributed by atoms with Crippen molar-refractivity contribution in [3.63, 3.8) is 0 Å². The predicted octanol–water partition coefficient (Wildman–Crippen LogP) is 5.44. The first-order valence-corrected chi connectivity index (χ1v) is 17.9. The fourth-order valence-electron chi connectivity index (χ4n) is 6.78. The van der Waals surface area contributed by atoms with E-state index in [-0.39, 0.29) is 60.5 Å². The van der Waals surface area contributed by atoms with Gasteiger partial charge in [-0.2, -0.15) is 0 Å². The van der Waals surface area contributed by atoms with E-state index in [0.717, 1.165) is 48.1 Å². The second kappa shape index (κ2) is 19.9. The normalized spacial score (nSPS) is 17.1. The molecule has 5 rings (SSSR count). The lowest BCUT2D eigenvalue weighted by molar-refractivity contribution is -0.136. The number of ether oxygens (including phenoxy) is 2. The largest absolute Gasteiger partial charge is 0.453 e. The van der Waals surface area contributed by atoms with E-state index in [1.54, 1.807) is 22.2 Å². The molecule has 0 radical (unpaired) electrons. The first-order chi connectivity index (χ1) is 25.4. The van der Waals surface area contributed by atoms with Crippen LogP contribution in [-0.4, -0.2) is 93.1 Å². The van der Waals surface area contributed by atoms with Crippen molar-refractivity contribution in [2.75, 3.05) is 27.3 Å². The summed E-state index contributed by atoms with van der Waals surface area (Å²) < 4.78 is 9.46. The number of aromatic amines is 2. The van der Waals surface area contributed by atoms with Crippen LogP contribution in [0.1, 0.15) is 93.9 Å². The minimum Gasteiger partial charge on any atom is -0.453 e. The highest BCUT2D eigenvalue weighted by Crippen LogP contribution is 2.34. The van der Waals surface area contributed by atoms with Gasteiger partial charge in [-0.1, -0.05) is 39.7 Å². The Kier molecular flexibility index (Phi) is 16.0. The number of hydrogen-bond donors (Lipinski definition) is 4. The molecule has 2 aliphatic heterocycles. The average molecular weight is 798 g/mol. The van der Waals surface area contributed by atoms with Gasteiger partial charge in [-0.05, 0) is 85.5 Å². The second-order valence-corrected chi connectivity index (χ2v) is 14.0. The van der Waals surface area contributed by atoms with E-state index in [1.807, 2.05) is 52.8 Å². The van der Waals surface area contributed by atoms with Gasteiger partial charge in [-0.3, -0.25) is 9.59 Å². The number of alkyl carbamates (subject to hydrolysis) is 2. The molecule has 16 heteroatoms. The van der Waals surface area contributed by atoms with Crippen LogP contribution in [0.25, 0.3) is 11.3 Å². The SMILES string of the molecule is COC(=O)N[C@H](C(=O)N1CCC[C@H]1c1ncc(C#CC#Cc2ccc(-c3cnc([C@@H]4CCCN4C(=O)[C@@H](NC(=O)OC)C(C)C)[nH]3)cc2C)[nH]1)C(C)C.Cl.Cl. The first kappa shape index (κ1) is 44.2. The summed E-state index contributed by atoms with van der Waals surface area (Å²) in [5, 5.41) is 5.34. The van der Waals surface area contributed by atoms with Crippen LogP contribution in [0.15, 0.2) is 30.6 Å². The van der Waals surface area contributed by atoms with Crippen LogP contribution in [0.4, 0.5) is 9.59 Å². The molecule has 4 N–H and O–H groups in total. The van der Waals surface area contributed by atoms with Crippen molar-refractivity contribution < 1.29 is 28.7 Å². The van der Waals surface area contributed by atoms with Crippen molar-refractivity contribution in [3.05, 3.63) is 59.1 Å². The smallest absolute Gasteiger partial charge is 0.407 e. The highest BCUT2D eigenvalue weighted by molar-refractivity contribution is 5.87. The molecule has 4 heterocycles. The fourth-order valence-corrected chi connectivity index (χ4v) is 6.78. The molecule has 3 aromatic rings. The number of carbonyl (C=O) groups excluding carboxylic acids is 4. The number of nitrogens with one attached hydrogen (secondary N) is 4. The van der Waals surface area contributed by atoms with Gasteiger partial charge in [0, 0.05) is 18.7 Å². The van der Waals surface area contributed by atoms with E-state index in [1.165, 1.54) is 14.2 Å². The van der Waals surface area contributed by atoms with Crippen molar-refractivity contribution in [1.29, 1.82) is 0 Å². The Balaban J connectivity index is 0.00000406. The van der Waals surface area contributed by atoms with Crippen LogP contribution in [0.5, 0.6) is 0 Å². The number of rotatable bonds is 9. The molecule has 1 aromatic carbocycles. The van der Waals surface area contributed by atoms with E-state index >= 15 is 0 Å². The molecule has 2 fully saturated rings. The van der Waals surface area contributed by atoms with Crippen LogP contribution in [-0.2, 0) is 19.1 Å². The molecule has 4 atom stereocenters. The Morgan fingerprint density at radius 1 is 0.782 bits per heavy atom. The molecule has 2 aromatic heterocycles. The zero-order valence-corrected chi connectivity index (χ0v) is 33.8. The molecule has 0 bridgehead atoms. The molecule has 0 saturated carbocycles. The number of halogens is 2. The van der Waals surface area contributed by atoms with Crippen LogP contribution in [0.2, 0.25) is 0 Å². The highest BCUT2D eigenvalue weighted by atomic mass is 35.5. The van der Waals surface area contributed by atoms with Crippen molar-refractivity contribution in [1.82, 2.24) is 40.4 Å². The molecule has 2 aliphatic rings. The number of nitrogens with zero attached hydrogens (tertiary/aromatic N) is 4. The Labute approximate surface area is 334 Å². The molecule has 0 unspecified atom stereocenters. The molecular weight excluding hydrogens is 747 g/mol. The van der Waals surface area contributed by atoms with Crippen LogP contribution in [0, 0.1) is 42.4 Å². The summed E-state index contributed by atoms with van der Waals surface area (Å²) >= 11 is 0. The lowest BCUT2D eigenvalue weighted by Gasteiger charge is -2.30. The van der Waals surface area contributed by atoms with Crippen molar-refractivity contribution in [2.24, 2.45) is 11.8 Å². The summed E-state index contributed by atoms with van der Waals surface area (Å²) in [4.78, 5) is 70.0. The summed E-state index contributed by atoms with van der Waals surface area (Å²) in [7, 11) is 2.56. The molecule has 14 nitrogen and oxygen atoms in total. The maximum absolute atomic E-state index is 13.5. The zero-order valence-electron chi connectivity index (χ0n) is 32.1. The number of imidazole rings is 2. The number of aromatic nitrogens is 4. The molecule has 55 heavy (non-hydrogen) atoms. The van der Waals surface area contributed by atoms with Gasteiger partial charge < -0.3 is 39.9 Å². The van der Waals surface area contributed by atoms with Gasteiger partial charge >= 0.3 is 12.2 Å². The van der Waals surface area contributed by atoms with Gasteiger partial charge in [0.1, 0.15) is 29.4 Å². The van der Waals surface area contributed by atoms with Crippen molar-refractivity contribution in [3.8, 4) is 34.9 Å². The number of likely N-dealkylation sites (tertiary alicyclic amines) is 2. The van der Waals surface area contributed by atoms with E-state index in [9.17, 15) is 19.2 Å². The topological polar surface area (TPSA) is 175 Å². The van der Waals surface area contributed by atoms with Gasteiger partial charge in [0.15, 0.2) is 0 Å². The Morgan fingerprint density at radius 3 is 1.80 bits per heavy atom. The fraction of sp³-hybridized carbons (Fsp3) is 0.487. The van der Waals surface area contributed by atoms with Crippen LogP contribution in [0.3, 0.4) is 0 Å². The number of hydrogen-bond acceptors (Lipinski definition) is 8. The monoisotopic (exact) mass is 796 g/mol. The number of amides is 4. The first-order valence-electron chi connectivity index (χ1n) is 17.9. The van der Waals surface area contributed by atoms with Gasteiger partial charge in [0.2, 0.25) is 11.8 Å². The third-order valence-electron chi connectivity index (χ3n) is 9.67. The third kappa shape index (κ3) is 10.5. The Hall–Kier alpha value is -5.18. The van der Waals surface area contributed by atoms with Crippen molar-refractivity contribution >= 4 is 48.8 Å². The standard InChI is InChI=1S/C39H48N8O6.2ClH/c1-23(2)32(44-38(50)52-6)36(48)46-18-10-14-30(46)34-40-21-28(42-34)13-9-8-12-26-16-17-27(20-25(26)5)29-22-41-35(43-29)31-15-11-19-47(31)37(49)33(24(3)4)45-39(51)53-7;;/h16-17,20-24,30-33H,10-11,14-15,18-19H2,1-7H3,(H,40,42)(H,41,43)(H,44,50)(H,45,51);2*1H/t30-,31-,32-,33-;;/m0../s1. The zero-order chi connectivity index (χ0) is 38.2. The highest BCUT2D eigenvalue weighted by Gasteiger charge is 2.39. The molecule has 0 aliphatic carbocycles. The van der Waals surface area contributed by atoms with Gasteiger partial charge in [-0.15, -0.1) is 24.8 Å². The van der Waals surface area contributed by atoms with E-state index in [2.05, 4.69) is 54.3 Å². The lowest BCUT2D eigenvalue weighted by atomic mass is 10.0. The number of methoxy groups -OCH3 is 2. The van der Waals surface area contributed by atoms with E-state index in [4.69, 9.17) is 9.47 Å². The average Bonchev–Trinajstić information content (AvgIpc) is 3.97. The molecule has 2 saturated heterocycles. The maximum Gasteiger partial charge on any atom is 0.407 e. The number of benzene rings is 1. The summed E-state index contributed by atoms with van der Waals surface area (Å²) in [6.45, 7) is 10.7. The summed E-state index contributed by atoms with van der Waals surface area (Å²) in [5.41, 5.74) is 4.15. The van der Waals surface area contributed by atoms with Crippen LogP contribution >= 0.6 is 24.8 Å². The van der Waals surface area contributed by atoms with E-state index in [0.29, 0.717) is 30.4 Å². The predicted molar refractivity (Wildman–Crippen MR) is 211 cm³/mol. The summed E-state index contributed by atoms with van der Waals surface area (Å²) in [6.07, 6.45) is 5.31. The van der Waals surface area contributed by atoms with Gasteiger partial charge in [0.25, 0.3) is 0 Å². The molecule has 4 amide bonds. The Bertz CT molecular complexity index is 1950. The molecule has 0 spiro atoms. The second-order valence-electron chi connectivity index (χ2n) is 14.0. The third-order valence-corrected chi connectivity index (χ3v) is 9.67. The van der Waals surface area contributed by atoms with Crippen molar-refractivity contribution in [2.45, 2.75) is 84.5 Å². The number of aryl methyl sites for hydroxylation is 1. The van der Waals surface area contributed by atoms with Gasteiger partial charge in [0.05, 0.1) is 44.4 Å². The minimum absolute atomic E-state index is 0. The Morgan fingerprint density at radius 2 is 1.29 bits per heavy atom. The quantitative estimate of drug-likeness (QED) is 0.207. The molecule has 296 valence electrons. The maximum atomic E-state index is 13.5. The number of H-pyrrole nitrogens is 2. The summed E-state index contributed by atoms with van der Waals surface area (Å²) in [5.74, 6) is 12.8. The molecular formula is C39H50Cl2N8O6. The van der Waals surface area contributed by atoms with Crippen LogP contribution < -0.4 is 10.6 Å². The van der Waals surface area contributed by atoms with Gasteiger partial charge in [-0.25, -0.2) is 19.6 Å². The lowest BCUT2D eigenvalue weighted by Crippen LogP contribution is -2.51. The summed E-state index contributed by atoms with van der Waals surface area (Å²) in [6, 6.07) is 4.07. The number of carbonyl (C=O) groups is 4. The minimum atomic E-state index is -0.705.